The van der Waals surface area contributed by atoms with Crippen molar-refractivity contribution in [3.63, 3.8) is 0 Å². The molecular weight excluding hydrogens is 344 g/mol. The molecule has 2 aromatic rings. The van der Waals surface area contributed by atoms with Crippen LogP contribution >= 0.6 is 11.6 Å². The molecular formula is C22H27ClN2O. The maximum atomic E-state index is 12.1. The Morgan fingerprint density at radius 3 is 2.42 bits per heavy atom. The Morgan fingerprint density at radius 1 is 1.08 bits per heavy atom. The topological polar surface area (TPSA) is 32.3 Å². The van der Waals surface area contributed by atoms with Crippen molar-refractivity contribution >= 4 is 17.5 Å². The fourth-order valence-corrected chi connectivity index (χ4v) is 3.63. The number of carbonyl (C=O) groups is 1. The largest absolute Gasteiger partial charge is 0.352 e. The summed E-state index contributed by atoms with van der Waals surface area (Å²) in [4.78, 5) is 14.6. The summed E-state index contributed by atoms with van der Waals surface area (Å²) in [7, 11) is 0. The van der Waals surface area contributed by atoms with E-state index in [4.69, 9.17) is 11.6 Å². The predicted octanol–water partition coefficient (Wildman–Crippen LogP) is 4.43. The minimum Gasteiger partial charge on any atom is -0.352 e. The van der Waals surface area contributed by atoms with E-state index in [1.165, 1.54) is 31.5 Å². The van der Waals surface area contributed by atoms with E-state index in [1.807, 2.05) is 24.3 Å². The van der Waals surface area contributed by atoms with E-state index >= 15 is 0 Å². The van der Waals surface area contributed by atoms with Crippen LogP contribution in [-0.2, 0) is 24.3 Å². The molecule has 1 N–H and O–H groups in total. The number of nitrogens with one attached hydrogen (secondary N) is 1. The number of amides is 1. The zero-order valence-corrected chi connectivity index (χ0v) is 16.1. The second-order valence-corrected chi connectivity index (χ2v) is 7.82. The number of piperidine rings is 1. The van der Waals surface area contributed by atoms with Gasteiger partial charge < -0.3 is 5.32 Å². The molecule has 1 fully saturated rings. The molecule has 26 heavy (non-hydrogen) atoms. The SMILES string of the molecule is CC1CCCN(Cc2ccc(CNC(=O)Cc3ccc(Cl)cc3)cc2)C1. The summed E-state index contributed by atoms with van der Waals surface area (Å²) in [5.74, 6) is 0.831. The van der Waals surface area contributed by atoms with Crippen molar-refractivity contribution in [2.45, 2.75) is 39.3 Å². The molecule has 3 nitrogen and oxygen atoms in total. The highest BCUT2D eigenvalue weighted by Crippen LogP contribution is 2.18. The number of nitrogens with zero attached hydrogens (tertiary/aromatic N) is 1. The summed E-state index contributed by atoms with van der Waals surface area (Å²) in [5.41, 5.74) is 3.44. The first-order chi connectivity index (χ1) is 12.6. The lowest BCUT2D eigenvalue weighted by Gasteiger charge is -2.30. The van der Waals surface area contributed by atoms with Crippen LogP contribution in [0.15, 0.2) is 48.5 Å². The Morgan fingerprint density at radius 2 is 1.73 bits per heavy atom. The lowest BCUT2D eigenvalue weighted by molar-refractivity contribution is -0.120. The molecule has 2 aromatic carbocycles. The molecule has 0 aliphatic carbocycles. The number of likely N-dealkylation sites (tertiary alicyclic amines) is 1. The van der Waals surface area contributed by atoms with Gasteiger partial charge in [-0.3, -0.25) is 9.69 Å². The predicted molar refractivity (Wildman–Crippen MR) is 107 cm³/mol. The van der Waals surface area contributed by atoms with Gasteiger partial charge in [-0.25, -0.2) is 0 Å². The van der Waals surface area contributed by atoms with Gasteiger partial charge in [0, 0.05) is 24.7 Å². The van der Waals surface area contributed by atoms with Gasteiger partial charge in [-0.15, -0.1) is 0 Å². The highest BCUT2D eigenvalue weighted by molar-refractivity contribution is 6.30. The summed E-state index contributed by atoms with van der Waals surface area (Å²) in [5, 5.41) is 3.67. The Kier molecular flexibility index (Phi) is 6.70. The van der Waals surface area contributed by atoms with Crippen LogP contribution in [0.1, 0.15) is 36.5 Å². The highest BCUT2D eigenvalue weighted by atomic mass is 35.5. The number of hydrogen-bond acceptors (Lipinski definition) is 2. The molecule has 4 heteroatoms. The minimum atomic E-state index is 0.0266. The molecule has 1 unspecified atom stereocenters. The molecule has 1 saturated heterocycles. The van der Waals surface area contributed by atoms with Crippen molar-refractivity contribution in [2.24, 2.45) is 5.92 Å². The van der Waals surface area contributed by atoms with Gasteiger partial charge in [0.2, 0.25) is 5.91 Å². The summed E-state index contributed by atoms with van der Waals surface area (Å²) >= 11 is 5.87. The Bertz CT molecular complexity index is 712. The molecule has 0 spiro atoms. The monoisotopic (exact) mass is 370 g/mol. The zero-order valence-electron chi connectivity index (χ0n) is 15.4. The van der Waals surface area contributed by atoms with Crippen LogP contribution in [0, 0.1) is 5.92 Å². The number of carbonyl (C=O) groups excluding carboxylic acids is 1. The molecule has 1 heterocycles. The number of rotatable bonds is 6. The molecule has 1 amide bonds. The Hall–Kier alpha value is -1.84. The van der Waals surface area contributed by atoms with E-state index in [0.717, 1.165) is 23.6 Å². The quantitative estimate of drug-likeness (QED) is 0.815. The maximum absolute atomic E-state index is 12.1. The van der Waals surface area contributed by atoms with Gasteiger partial charge in [-0.05, 0) is 54.1 Å². The Balaban J connectivity index is 1.45. The fourth-order valence-electron chi connectivity index (χ4n) is 3.50. The number of halogens is 1. The molecule has 3 rings (SSSR count). The normalized spacial score (nSPS) is 17.8. The van der Waals surface area contributed by atoms with E-state index in [1.54, 1.807) is 0 Å². The van der Waals surface area contributed by atoms with E-state index in [2.05, 4.69) is 41.4 Å². The molecule has 1 aliphatic heterocycles. The number of hydrogen-bond donors (Lipinski definition) is 1. The van der Waals surface area contributed by atoms with Crippen molar-refractivity contribution in [2.75, 3.05) is 13.1 Å². The van der Waals surface area contributed by atoms with Gasteiger partial charge >= 0.3 is 0 Å². The molecule has 0 bridgehead atoms. The minimum absolute atomic E-state index is 0.0266. The van der Waals surface area contributed by atoms with Gasteiger partial charge in [-0.2, -0.15) is 0 Å². The van der Waals surface area contributed by atoms with Crippen molar-refractivity contribution in [1.82, 2.24) is 10.2 Å². The summed E-state index contributed by atoms with van der Waals surface area (Å²) < 4.78 is 0. The zero-order chi connectivity index (χ0) is 18.4. The average molecular weight is 371 g/mol. The summed E-state index contributed by atoms with van der Waals surface area (Å²) in [6, 6.07) is 16.0. The molecule has 1 aliphatic rings. The van der Waals surface area contributed by atoms with Crippen LogP contribution in [-0.4, -0.2) is 23.9 Å². The third-order valence-electron chi connectivity index (χ3n) is 4.94. The third-order valence-corrected chi connectivity index (χ3v) is 5.19. The second-order valence-electron chi connectivity index (χ2n) is 7.38. The molecule has 0 radical (unpaired) electrons. The van der Waals surface area contributed by atoms with Crippen LogP contribution in [0.5, 0.6) is 0 Å². The molecule has 0 saturated carbocycles. The van der Waals surface area contributed by atoms with Crippen LogP contribution in [0.4, 0.5) is 0 Å². The first kappa shape index (κ1) is 18.9. The molecule has 0 aromatic heterocycles. The van der Waals surface area contributed by atoms with Crippen molar-refractivity contribution < 1.29 is 4.79 Å². The highest BCUT2D eigenvalue weighted by Gasteiger charge is 2.16. The summed E-state index contributed by atoms with van der Waals surface area (Å²) in [6.07, 6.45) is 3.03. The first-order valence-electron chi connectivity index (χ1n) is 9.40. The van der Waals surface area contributed by atoms with Crippen LogP contribution in [0.2, 0.25) is 5.02 Å². The van der Waals surface area contributed by atoms with Crippen molar-refractivity contribution in [1.29, 1.82) is 0 Å². The van der Waals surface area contributed by atoms with E-state index in [9.17, 15) is 4.79 Å². The standard InChI is InChI=1S/C22H27ClN2O/c1-17-3-2-12-25(15-17)16-20-6-4-19(5-7-20)14-24-22(26)13-18-8-10-21(23)11-9-18/h4-11,17H,2-3,12-16H2,1H3,(H,24,26). The van der Waals surface area contributed by atoms with Gasteiger partial charge in [0.15, 0.2) is 0 Å². The van der Waals surface area contributed by atoms with E-state index < -0.39 is 0 Å². The van der Waals surface area contributed by atoms with Crippen LogP contribution < -0.4 is 5.32 Å². The van der Waals surface area contributed by atoms with Crippen LogP contribution in [0.25, 0.3) is 0 Å². The van der Waals surface area contributed by atoms with E-state index in [0.29, 0.717) is 18.0 Å². The average Bonchev–Trinajstić information content (AvgIpc) is 2.63. The summed E-state index contributed by atoms with van der Waals surface area (Å²) in [6.45, 7) is 6.32. The van der Waals surface area contributed by atoms with E-state index in [-0.39, 0.29) is 5.91 Å². The van der Waals surface area contributed by atoms with Gasteiger partial charge in [0.05, 0.1) is 6.42 Å². The smallest absolute Gasteiger partial charge is 0.224 e. The van der Waals surface area contributed by atoms with Crippen LogP contribution in [0.3, 0.4) is 0 Å². The molecule has 138 valence electrons. The third kappa shape index (κ3) is 5.86. The van der Waals surface area contributed by atoms with Gasteiger partial charge in [-0.1, -0.05) is 54.9 Å². The van der Waals surface area contributed by atoms with Crippen molar-refractivity contribution in [3.05, 3.63) is 70.2 Å². The van der Waals surface area contributed by atoms with Gasteiger partial charge in [0.1, 0.15) is 0 Å². The van der Waals surface area contributed by atoms with Crippen molar-refractivity contribution in [3.8, 4) is 0 Å². The Labute approximate surface area is 161 Å². The second kappa shape index (κ2) is 9.20. The number of benzene rings is 2. The lowest BCUT2D eigenvalue weighted by atomic mass is 9.99. The maximum Gasteiger partial charge on any atom is 0.224 e. The lowest BCUT2D eigenvalue weighted by Crippen LogP contribution is -2.33. The van der Waals surface area contributed by atoms with Gasteiger partial charge in [0.25, 0.3) is 0 Å². The first-order valence-corrected chi connectivity index (χ1v) is 9.77. The fraction of sp³-hybridized carbons (Fsp3) is 0.409. The molecule has 1 atom stereocenters.